The highest BCUT2D eigenvalue weighted by atomic mass is 35.5. The molecule has 0 atom stereocenters. The number of piperazine rings is 1. The van der Waals surface area contributed by atoms with Crippen molar-refractivity contribution in [3.8, 4) is 23.1 Å². The van der Waals surface area contributed by atoms with Crippen LogP contribution in [0.3, 0.4) is 0 Å². The molecule has 53 heavy (non-hydrogen) atoms. The summed E-state index contributed by atoms with van der Waals surface area (Å²) in [5.41, 5.74) is 5.54. The first kappa shape index (κ1) is 39.7. The van der Waals surface area contributed by atoms with Crippen LogP contribution in [0, 0.1) is 0 Å². The number of carbonyl (C=O) groups excluding carboxylic acids is 1. The normalized spacial score (nSPS) is 13.2. The summed E-state index contributed by atoms with van der Waals surface area (Å²) in [6.45, 7) is 9.25. The minimum atomic E-state index is -0.0143. The van der Waals surface area contributed by atoms with E-state index in [0.717, 1.165) is 42.9 Å². The Hall–Kier alpha value is -4.53. The van der Waals surface area contributed by atoms with E-state index in [0.29, 0.717) is 59.6 Å². The summed E-state index contributed by atoms with van der Waals surface area (Å²) in [5, 5.41) is 1.07. The fraction of sp³-hybridized carbons (Fsp3) is 0.256. The van der Waals surface area contributed by atoms with Gasteiger partial charge in [0.2, 0.25) is 11.8 Å². The monoisotopic (exact) mass is 771 g/mol. The summed E-state index contributed by atoms with van der Waals surface area (Å²) in [6, 6.07) is 33.6. The van der Waals surface area contributed by atoms with E-state index < -0.39 is 0 Å². The molecule has 0 N–H and O–H groups in total. The van der Waals surface area contributed by atoms with Crippen LogP contribution in [-0.4, -0.2) is 53.5 Å². The summed E-state index contributed by atoms with van der Waals surface area (Å²) in [7, 11) is 0. The van der Waals surface area contributed by atoms with Gasteiger partial charge in [-0.2, -0.15) is 0 Å². The van der Waals surface area contributed by atoms with Crippen molar-refractivity contribution in [2.75, 3.05) is 32.8 Å². The van der Waals surface area contributed by atoms with Crippen molar-refractivity contribution in [3.05, 3.63) is 153 Å². The average molecular weight is 773 g/mol. The molecule has 1 aliphatic heterocycles. The standard InChI is InChI=1S/C43H43Cl2N3O4.ClH/c1-31(2)35-13-15-37(16-14-35)50-26-21-32-7-9-34(10-8-32)29-47-22-24-48(25-23-47)43(49)20-12-33-11-18-41(40(45)27-33)52-42-19-17-38(28-46-42)51-30-36-5-3-4-6-39(36)44;/h3-20,27-28,31H,21-26,29-30H2,1-2H3;1H/b20-12+;. The molecule has 1 aromatic heterocycles. The Labute approximate surface area is 328 Å². The first-order valence-electron chi connectivity index (χ1n) is 17.6. The van der Waals surface area contributed by atoms with E-state index in [1.54, 1.807) is 42.6 Å². The number of aromatic nitrogens is 1. The Morgan fingerprint density at radius 3 is 2.21 bits per heavy atom. The third-order valence-electron chi connectivity index (χ3n) is 8.97. The summed E-state index contributed by atoms with van der Waals surface area (Å²) in [4.78, 5) is 21.6. The lowest BCUT2D eigenvalue weighted by molar-refractivity contribution is -0.127. The number of benzene rings is 4. The van der Waals surface area contributed by atoms with Gasteiger partial charge in [-0.3, -0.25) is 9.69 Å². The molecule has 7 nitrogen and oxygen atoms in total. The van der Waals surface area contributed by atoms with Gasteiger partial charge < -0.3 is 19.1 Å². The van der Waals surface area contributed by atoms with Crippen LogP contribution in [0.25, 0.3) is 6.08 Å². The molecule has 0 saturated carbocycles. The van der Waals surface area contributed by atoms with E-state index in [1.807, 2.05) is 35.2 Å². The van der Waals surface area contributed by atoms with Gasteiger partial charge in [-0.15, -0.1) is 12.4 Å². The van der Waals surface area contributed by atoms with E-state index >= 15 is 0 Å². The lowest BCUT2D eigenvalue weighted by Crippen LogP contribution is -2.47. The fourth-order valence-corrected chi connectivity index (χ4v) is 6.23. The van der Waals surface area contributed by atoms with Crippen LogP contribution < -0.4 is 14.2 Å². The minimum Gasteiger partial charge on any atom is -0.493 e. The number of carbonyl (C=O) groups is 1. The van der Waals surface area contributed by atoms with Gasteiger partial charge in [-0.1, -0.05) is 97.7 Å². The maximum Gasteiger partial charge on any atom is 0.246 e. The number of amides is 1. The second kappa shape index (κ2) is 19.5. The SMILES string of the molecule is CC(C)c1ccc(OCCc2ccc(CN3CCN(C(=O)/C=C/c4ccc(Oc5ccc(OCc6ccccc6Cl)cn5)c(Cl)c4)CC3)cc2)cc1.Cl. The number of nitrogens with zero attached hydrogens (tertiary/aromatic N) is 3. The Morgan fingerprint density at radius 2 is 1.53 bits per heavy atom. The van der Waals surface area contributed by atoms with Crippen LogP contribution in [0.1, 0.15) is 47.6 Å². The number of pyridine rings is 1. The predicted molar refractivity (Wildman–Crippen MR) is 216 cm³/mol. The van der Waals surface area contributed by atoms with Gasteiger partial charge in [0.15, 0.2) is 0 Å². The molecule has 5 aromatic rings. The van der Waals surface area contributed by atoms with Gasteiger partial charge >= 0.3 is 0 Å². The molecule has 1 amide bonds. The average Bonchev–Trinajstić information content (AvgIpc) is 3.16. The van der Waals surface area contributed by atoms with Crippen LogP contribution >= 0.6 is 35.6 Å². The van der Waals surface area contributed by atoms with Gasteiger partial charge in [0.25, 0.3) is 0 Å². The quantitative estimate of drug-likeness (QED) is 0.105. The van der Waals surface area contributed by atoms with Crippen molar-refractivity contribution in [1.29, 1.82) is 0 Å². The molecule has 0 radical (unpaired) electrons. The highest BCUT2D eigenvalue weighted by Crippen LogP contribution is 2.30. The molecule has 10 heteroatoms. The van der Waals surface area contributed by atoms with Gasteiger partial charge in [0.1, 0.15) is 23.9 Å². The molecule has 6 rings (SSSR count). The van der Waals surface area contributed by atoms with Gasteiger partial charge in [0.05, 0.1) is 17.8 Å². The van der Waals surface area contributed by atoms with E-state index in [2.05, 4.69) is 72.3 Å². The van der Waals surface area contributed by atoms with Gasteiger partial charge in [-0.25, -0.2) is 4.98 Å². The van der Waals surface area contributed by atoms with Crippen molar-refractivity contribution in [3.63, 3.8) is 0 Å². The molecule has 1 fully saturated rings. The summed E-state index contributed by atoms with van der Waals surface area (Å²) < 4.78 is 17.6. The Balaban J connectivity index is 0.00000541. The van der Waals surface area contributed by atoms with Crippen molar-refractivity contribution >= 4 is 47.6 Å². The minimum absolute atomic E-state index is 0. The molecule has 1 aliphatic rings. The van der Waals surface area contributed by atoms with E-state index in [4.69, 9.17) is 37.4 Å². The smallest absolute Gasteiger partial charge is 0.246 e. The van der Waals surface area contributed by atoms with Crippen LogP contribution in [0.15, 0.2) is 115 Å². The number of hydrogen-bond donors (Lipinski definition) is 0. The van der Waals surface area contributed by atoms with Gasteiger partial charge in [-0.05, 0) is 70.6 Å². The zero-order valence-corrected chi connectivity index (χ0v) is 32.2. The summed E-state index contributed by atoms with van der Waals surface area (Å²) in [5.74, 6) is 2.85. The zero-order valence-electron chi connectivity index (χ0n) is 29.9. The number of rotatable bonds is 14. The molecule has 4 aromatic carbocycles. The second-order valence-electron chi connectivity index (χ2n) is 13.1. The Bertz CT molecular complexity index is 1940. The number of hydrogen-bond acceptors (Lipinski definition) is 6. The lowest BCUT2D eigenvalue weighted by Gasteiger charge is -2.34. The fourth-order valence-electron chi connectivity index (χ4n) is 5.81. The van der Waals surface area contributed by atoms with Crippen molar-refractivity contribution in [2.45, 2.75) is 39.3 Å². The van der Waals surface area contributed by atoms with Crippen LogP contribution in [0.4, 0.5) is 0 Å². The van der Waals surface area contributed by atoms with Crippen LogP contribution in [-0.2, 0) is 24.4 Å². The molecule has 0 aliphatic carbocycles. The maximum atomic E-state index is 13.0. The third kappa shape index (κ3) is 11.7. The molecule has 1 saturated heterocycles. The molecular weight excluding hydrogens is 729 g/mol. The Morgan fingerprint density at radius 1 is 0.811 bits per heavy atom. The summed E-state index contributed by atoms with van der Waals surface area (Å²) >= 11 is 12.7. The van der Waals surface area contributed by atoms with Crippen LogP contribution in [0.2, 0.25) is 10.0 Å². The Kier molecular flexibility index (Phi) is 14.6. The maximum absolute atomic E-state index is 13.0. The largest absolute Gasteiger partial charge is 0.493 e. The van der Waals surface area contributed by atoms with Gasteiger partial charge in [0, 0.05) is 61.9 Å². The first-order valence-corrected chi connectivity index (χ1v) is 18.3. The highest BCUT2D eigenvalue weighted by molar-refractivity contribution is 6.32. The molecule has 0 bridgehead atoms. The molecule has 276 valence electrons. The van der Waals surface area contributed by atoms with Crippen molar-refractivity contribution < 1.29 is 19.0 Å². The molecular formula is C43H44Cl3N3O4. The molecule has 0 spiro atoms. The molecule has 2 heterocycles. The first-order chi connectivity index (χ1) is 25.3. The number of ether oxygens (including phenoxy) is 3. The highest BCUT2D eigenvalue weighted by Gasteiger charge is 2.20. The van der Waals surface area contributed by atoms with Crippen LogP contribution in [0.5, 0.6) is 23.1 Å². The summed E-state index contributed by atoms with van der Waals surface area (Å²) in [6.07, 6.45) is 5.84. The molecule has 0 unspecified atom stereocenters. The van der Waals surface area contributed by atoms with E-state index in [-0.39, 0.29) is 18.3 Å². The predicted octanol–water partition coefficient (Wildman–Crippen LogP) is 10.3. The van der Waals surface area contributed by atoms with Crippen molar-refractivity contribution in [2.24, 2.45) is 0 Å². The van der Waals surface area contributed by atoms with E-state index in [1.165, 1.54) is 16.7 Å². The second-order valence-corrected chi connectivity index (χ2v) is 13.9. The lowest BCUT2D eigenvalue weighted by atomic mass is 10.0. The van der Waals surface area contributed by atoms with Crippen molar-refractivity contribution in [1.82, 2.24) is 14.8 Å². The topological polar surface area (TPSA) is 64.1 Å². The number of halogens is 3. The third-order valence-corrected chi connectivity index (χ3v) is 9.63. The van der Waals surface area contributed by atoms with E-state index in [9.17, 15) is 4.79 Å². The zero-order chi connectivity index (χ0) is 36.3.